The van der Waals surface area contributed by atoms with Crippen LogP contribution in [0.3, 0.4) is 0 Å². The lowest BCUT2D eigenvalue weighted by Crippen LogP contribution is -2.42. The van der Waals surface area contributed by atoms with Gasteiger partial charge in [-0.15, -0.1) is 0 Å². The van der Waals surface area contributed by atoms with Crippen molar-refractivity contribution in [3.8, 4) is 0 Å². The second kappa shape index (κ2) is 9.73. The Balaban J connectivity index is 2.09. The first-order valence-electron chi connectivity index (χ1n) is 10.2. The van der Waals surface area contributed by atoms with Crippen LogP contribution in [0.4, 0.5) is 4.79 Å². The van der Waals surface area contributed by atoms with Crippen LogP contribution >= 0.6 is 0 Å². The van der Waals surface area contributed by atoms with Crippen LogP contribution in [-0.4, -0.2) is 46.1 Å². The molecule has 30 heavy (non-hydrogen) atoms. The molecule has 2 amide bonds. The van der Waals surface area contributed by atoms with E-state index in [4.69, 9.17) is 4.74 Å². The summed E-state index contributed by atoms with van der Waals surface area (Å²) in [6, 6.07) is 7.07. The first kappa shape index (κ1) is 23.4. The Bertz CT molecular complexity index is 946. The van der Waals surface area contributed by atoms with Crippen molar-refractivity contribution in [2.75, 3.05) is 13.6 Å². The van der Waals surface area contributed by atoms with Crippen LogP contribution in [0.25, 0.3) is 10.9 Å². The lowest BCUT2D eigenvalue weighted by Gasteiger charge is -2.26. The highest BCUT2D eigenvalue weighted by atomic mass is 16.6. The molecule has 0 spiro atoms. The molecule has 2 N–H and O–H groups in total. The van der Waals surface area contributed by atoms with Gasteiger partial charge in [0.2, 0.25) is 5.91 Å². The zero-order valence-corrected chi connectivity index (χ0v) is 18.6. The van der Waals surface area contributed by atoms with Crippen LogP contribution in [0, 0.1) is 11.8 Å². The summed E-state index contributed by atoms with van der Waals surface area (Å²) in [5, 5.41) is 3.20. The number of para-hydroxylation sites is 1. The molecule has 2 rings (SSSR count). The molecule has 0 radical (unpaired) electrons. The molecule has 0 fully saturated rings. The van der Waals surface area contributed by atoms with Gasteiger partial charge in [-0.05, 0) is 45.2 Å². The van der Waals surface area contributed by atoms with E-state index < -0.39 is 17.6 Å². The molecule has 0 bridgehead atoms. The third-order valence-electron chi connectivity index (χ3n) is 4.42. The van der Waals surface area contributed by atoms with E-state index in [1.807, 2.05) is 19.9 Å². The summed E-state index contributed by atoms with van der Waals surface area (Å²) in [5.74, 6) is 0.148. The molecule has 1 unspecified atom stereocenters. The minimum atomic E-state index is -0.605. The molecule has 0 saturated carbocycles. The predicted octanol–water partition coefficient (Wildman–Crippen LogP) is 3.07. The third kappa shape index (κ3) is 6.86. The fourth-order valence-electron chi connectivity index (χ4n) is 3.19. The number of hydrogen-bond donors (Lipinski definition) is 2. The van der Waals surface area contributed by atoms with Gasteiger partial charge in [-0.3, -0.25) is 9.59 Å². The van der Waals surface area contributed by atoms with Crippen molar-refractivity contribution in [2.24, 2.45) is 11.8 Å². The zero-order valence-electron chi connectivity index (χ0n) is 18.6. The van der Waals surface area contributed by atoms with Gasteiger partial charge in [-0.25, -0.2) is 9.78 Å². The fraction of sp³-hybridized carbons (Fsp3) is 0.545. The lowest BCUT2D eigenvalue weighted by molar-refractivity contribution is -0.135. The van der Waals surface area contributed by atoms with Crippen molar-refractivity contribution in [1.29, 1.82) is 0 Å². The van der Waals surface area contributed by atoms with E-state index in [9.17, 15) is 14.4 Å². The number of alkyl carbamates (subject to hydrolysis) is 1. The number of aromatic amines is 1. The van der Waals surface area contributed by atoms with Crippen LogP contribution in [0.1, 0.15) is 46.9 Å². The Labute approximate surface area is 177 Å². The summed E-state index contributed by atoms with van der Waals surface area (Å²) < 4.78 is 5.26. The molecular formula is C22H32N4O4. The summed E-state index contributed by atoms with van der Waals surface area (Å²) in [6.45, 7) is 9.75. The molecule has 0 aliphatic heterocycles. The van der Waals surface area contributed by atoms with Crippen LogP contribution in [-0.2, 0) is 16.1 Å². The van der Waals surface area contributed by atoms with Gasteiger partial charge in [-0.1, -0.05) is 26.0 Å². The van der Waals surface area contributed by atoms with Crippen LogP contribution in [0.5, 0.6) is 0 Å². The number of nitrogens with one attached hydrogen (secondary N) is 2. The van der Waals surface area contributed by atoms with Crippen LogP contribution in [0.2, 0.25) is 0 Å². The minimum Gasteiger partial charge on any atom is -0.444 e. The van der Waals surface area contributed by atoms with Gasteiger partial charge in [-0.2, -0.15) is 0 Å². The average molecular weight is 417 g/mol. The normalized spacial score (nSPS) is 12.6. The summed E-state index contributed by atoms with van der Waals surface area (Å²) in [4.78, 5) is 46.0. The average Bonchev–Trinajstić information content (AvgIpc) is 2.63. The second-order valence-corrected chi connectivity index (χ2v) is 8.93. The molecule has 2 aromatic rings. The van der Waals surface area contributed by atoms with Gasteiger partial charge in [0.1, 0.15) is 11.4 Å². The van der Waals surface area contributed by atoms with E-state index >= 15 is 0 Å². The number of H-pyrrole nitrogens is 1. The second-order valence-electron chi connectivity index (χ2n) is 8.93. The number of rotatable bonds is 7. The number of carbonyl (C=O) groups excluding carboxylic acids is 2. The maximum atomic E-state index is 13.0. The van der Waals surface area contributed by atoms with Gasteiger partial charge < -0.3 is 19.9 Å². The zero-order chi connectivity index (χ0) is 22.5. The van der Waals surface area contributed by atoms with E-state index in [-0.39, 0.29) is 30.5 Å². The molecular weight excluding hydrogens is 384 g/mol. The van der Waals surface area contributed by atoms with Gasteiger partial charge in [0.25, 0.3) is 5.56 Å². The number of aromatic nitrogens is 2. The highest BCUT2D eigenvalue weighted by molar-refractivity contribution is 5.80. The van der Waals surface area contributed by atoms with Crippen molar-refractivity contribution >= 4 is 22.9 Å². The van der Waals surface area contributed by atoms with Gasteiger partial charge in [0, 0.05) is 13.6 Å². The monoisotopic (exact) mass is 416 g/mol. The number of fused-ring (bicyclic) bond motifs is 1. The van der Waals surface area contributed by atoms with Crippen LogP contribution in [0.15, 0.2) is 29.1 Å². The number of nitrogens with zero attached hydrogens (tertiary/aromatic N) is 2. The maximum absolute atomic E-state index is 13.0. The molecule has 1 heterocycles. The lowest BCUT2D eigenvalue weighted by atomic mass is 9.95. The van der Waals surface area contributed by atoms with Gasteiger partial charge >= 0.3 is 6.09 Å². The standard InChI is InChI=1S/C22H32N4O4/c1-14(2)11-15(12-23-21(29)30-22(3,4)5)20(28)26(6)13-18-24-17-10-8-7-9-16(17)19(27)25-18/h7-10,14-15H,11-13H2,1-6H3,(H,23,29)(H,24,25,27). The first-order valence-corrected chi connectivity index (χ1v) is 10.2. The van der Waals surface area contributed by atoms with Gasteiger partial charge in [0.15, 0.2) is 0 Å². The molecule has 164 valence electrons. The van der Waals surface area contributed by atoms with E-state index in [1.165, 1.54) is 4.90 Å². The predicted molar refractivity (Wildman–Crippen MR) is 116 cm³/mol. The quantitative estimate of drug-likeness (QED) is 0.722. The minimum absolute atomic E-state index is 0.129. The molecule has 1 atom stereocenters. The summed E-state index contributed by atoms with van der Waals surface area (Å²) in [5.41, 5.74) is -0.254. The first-order chi connectivity index (χ1) is 14.0. The van der Waals surface area contributed by atoms with E-state index in [1.54, 1.807) is 46.0 Å². The molecule has 0 aliphatic carbocycles. The summed E-state index contributed by atoms with van der Waals surface area (Å²) >= 11 is 0. The Kier molecular flexibility index (Phi) is 7.59. The Morgan fingerprint density at radius 3 is 2.53 bits per heavy atom. The van der Waals surface area contributed by atoms with E-state index in [0.717, 1.165) is 0 Å². The summed E-state index contributed by atoms with van der Waals surface area (Å²) in [7, 11) is 1.67. The van der Waals surface area contributed by atoms with Crippen molar-refractivity contribution in [2.45, 2.75) is 53.2 Å². The number of hydrogen-bond acceptors (Lipinski definition) is 5. The van der Waals surface area contributed by atoms with Crippen molar-refractivity contribution in [3.05, 3.63) is 40.4 Å². The Hall–Kier alpha value is -2.90. The molecule has 8 heteroatoms. The highest BCUT2D eigenvalue weighted by Gasteiger charge is 2.25. The number of carbonyl (C=O) groups is 2. The smallest absolute Gasteiger partial charge is 0.407 e. The molecule has 8 nitrogen and oxygen atoms in total. The SMILES string of the molecule is CC(C)CC(CNC(=O)OC(C)(C)C)C(=O)N(C)Cc1nc2ccccc2c(=O)[nH]1. The topological polar surface area (TPSA) is 104 Å². The van der Waals surface area contributed by atoms with Gasteiger partial charge in [0.05, 0.1) is 23.4 Å². The largest absolute Gasteiger partial charge is 0.444 e. The molecule has 0 saturated heterocycles. The van der Waals surface area contributed by atoms with E-state index in [0.29, 0.717) is 23.1 Å². The third-order valence-corrected chi connectivity index (χ3v) is 4.42. The number of ether oxygens (including phenoxy) is 1. The van der Waals surface area contributed by atoms with Crippen molar-refractivity contribution in [1.82, 2.24) is 20.2 Å². The molecule has 1 aromatic heterocycles. The maximum Gasteiger partial charge on any atom is 0.407 e. The van der Waals surface area contributed by atoms with Crippen molar-refractivity contribution in [3.63, 3.8) is 0 Å². The molecule has 0 aliphatic rings. The van der Waals surface area contributed by atoms with E-state index in [2.05, 4.69) is 15.3 Å². The number of amides is 2. The summed E-state index contributed by atoms with van der Waals surface area (Å²) in [6.07, 6.45) is 0.0629. The number of benzene rings is 1. The highest BCUT2D eigenvalue weighted by Crippen LogP contribution is 2.16. The Morgan fingerprint density at radius 1 is 1.23 bits per heavy atom. The van der Waals surface area contributed by atoms with Crippen molar-refractivity contribution < 1.29 is 14.3 Å². The van der Waals surface area contributed by atoms with Crippen LogP contribution < -0.4 is 10.9 Å². The fourth-order valence-corrected chi connectivity index (χ4v) is 3.19. The Morgan fingerprint density at radius 2 is 1.90 bits per heavy atom. The molecule has 1 aromatic carbocycles.